The summed E-state index contributed by atoms with van der Waals surface area (Å²) >= 11 is 0. The largest absolute Gasteiger partial charge is 1.00 e. The minimum atomic E-state index is -0.673. The molecule has 0 aliphatic carbocycles. The predicted octanol–water partition coefficient (Wildman–Crippen LogP) is 1.71. The van der Waals surface area contributed by atoms with Crippen LogP contribution >= 0.6 is 0 Å². The number of aryl methyl sites for hydroxylation is 1. The number of halogens is 1. The van der Waals surface area contributed by atoms with Gasteiger partial charge in [-0.2, -0.15) is 0 Å². The van der Waals surface area contributed by atoms with E-state index in [1.54, 1.807) is 13.8 Å². The highest BCUT2D eigenvalue weighted by atomic mass is 79.9. The van der Waals surface area contributed by atoms with Crippen LogP contribution in [0.1, 0.15) is 83.6 Å². The van der Waals surface area contributed by atoms with Crippen LogP contribution in [0.2, 0.25) is 0 Å². The summed E-state index contributed by atoms with van der Waals surface area (Å²) < 4.78 is 12.6. The number of carbonyl (C=O) groups excluding carboxylic acids is 2. The number of unbranched alkanes of at least 4 members (excludes halogenated alkanes) is 7. The number of dihydropyridines is 1. The predicted molar refractivity (Wildman–Crippen MR) is 140 cm³/mol. The number of terminal acetylenes is 2. The minimum Gasteiger partial charge on any atom is -1.00 e. The number of rotatable bonds is 14. The van der Waals surface area contributed by atoms with E-state index in [9.17, 15) is 9.59 Å². The molecule has 2 rings (SSSR count). The van der Waals surface area contributed by atoms with Gasteiger partial charge in [-0.25, -0.2) is 14.2 Å². The van der Waals surface area contributed by atoms with Crippen LogP contribution in [0.5, 0.6) is 0 Å². The lowest BCUT2D eigenvalue weighted by molar-refractivity contribution is -0.697. The number of hydrogen-bond acceptors (Lipinski definition) is 5. The third-order valence-corrected chi connectivity index (χ3v) is 6.26. The van der Waals surface area contributed by atoms with Gasteiger partial charge < -0.3 is 31.8 Å². The van der Waals surface area contributed by atoms with Crippen LogP contribution in [-0.4, -0.2) is 25.2 Å². The summed E-state index contributed by atoms with van der Waals surface area (Å²) in [6.45, 7) is 6.33. The first-order chi connectivity index (χ1) is 17.4. The highest BCUT2D eigenvalue weighted by molar-refractivity contribution is 5.99. The van der Waals surface area contributed by atoms with E-state index >= 15 is 0 Å². The molecule has 6 nitrogen and oxygen atoms in total. The molecule has 1 aromatic heterocycles. The third-order valence-electron chi connectivity index (χ3n) is 6.26. The lowest BCUT2D eigenvalue weighted by Crippen LogP contribution is -3.00. The van der Waals surface area contributed by atoms with Crippen molar-refractivity contribution in [3.8, 4) is 24.7 Å². The van der Waals surface area contributed by atoms with E-state index in [1.165, 1.54) is 44.9 Å². The Morgan fingerprint density at radius 2 is 1.43 bits per heavy atom. The summed E-state index contributed by atoms with van der Waals surface area (Å²) in [5.41, 5.74) is 2.65. The second-order valence-corrected chi connectivity index (χ2v) is 9.05. The Balaban J connectivity index is 0.00000684. The number of esters is 2. The highest BCUT2D eigenvalue weighted by Gasteiger charge is 2.39. The van der Waals surface area contributed by atoms with Crippen molar-refractivity contribution in [1.29, 1.82) is 0 Å². The van der Waals surface area contributed by atoms with Gasteiger partial charge in [0.25, 0.3) is 0 Å². The monoisotopic (exact) mass is 570 g/mol. The van der Waals surface area contributed by atoms with Gasteiger partial charge in [0, 0.05) is 29.4 Å². The maximum atomic E-state index is 13.0. The van der Waals surface area contributed by atoms with Crippen LogP contribution in [0.4, 0.5) is 0 Å². The Morgan fingerprint density at radius 1 is 0.919 bits per heavy atom. The van der Waals surface area contributed by atoms with E-state index in [4.69, 9.17) is 22.3 Å². The number of ether oxygens (including phenoxy) is 2. The molecule has 200 valence electrons. The number of pyridine rings is 1. The molecule has 0 atom stereocenters. The van der Waals surface area contributed by atoms with Gasteiger partial charge in [0.15, 0.2) is 25.6 Å². The Morgan fingerprint density at radius 3 is 1.95 bits per heavy atom. The minimum absolute atomic E-state index is 0. The lowest BCUT2D eigenvalue weighted by Gasteiger charge is -2.29. The van der Waals surface area contributed by atoms with Gasteiger partial charge in [-0.1, -0.05) is 57.3 Å². The van der Waals surface area contributed by atoms with Crippen molar-refractivity contribution < 1.29 is 40.6 Å². The van der Waals surface area contributed by atoms with E-state index in [2.05, 4.69) is 28.6 Å². The second kappa shape index (κ2) is 17.4. The first kappa shape index (κ1) is 32.0. The SMILES string of the molecule is C#CCOC(=O)C1=C(C)NC(C)=C(C(=O)OCC#C)C1c1ccc[n+](CCCCCCCCCC)c1.[Br-]. The van der Waals surface area contributed by atoms with Gasteiger partial charge in [0.05, 0.1) is 17.1 Å². The Bertz CT molecular complexity index is 1010. The molecule has 0 unspecified atom stereocenters. The molecule has 0 saturated carbocycles. The molecule has 0 fully saturated rings. The smallest absolute Gasteiger partial charge is 0.337 e. The summed E-state index contributed by atoms with van der Waals surface area (Å²) in [7, 11) is 0. The quantitative estimate of drug-likeness (QED) is 0.160. The first-order valence-electron chi connectivity index (χ1n) is 12.8. The maximum Gasteiger partial charge on any atom is 0.337 e. The zero-order chi connectivity index (χ0) is 26.3. The molecular formula is C30H39BrN2O4. The molecule has 0 saturated heterocycles. The molecule has 1 aliphatic heterocycles. The molecule has 37 heavy (non-hydrogen) atoms. The lowest BCUT2D eigenvalue weighted by atomic mass is 9.81. The zero-order valence-electron chi connectivity index (χ0n) is 22.3. The molecule has 0 radical (unpaired) electrons. The van der Waals surface area contributed by atoms with E-state index in [1.807, 2.05) is 24.5 Å². The van der Waals surface area contributed by atoms with Gasteiger partial charge in [-0.15, -0.1) is 12.8 Å². The summed E-state index contributed by atoms with van der Waals surface area (Å²) in [4.78, 5) is 26.1. The highest BCUT2D eigenvalue weighted by Crippen LogP contribution is 2.38. The van der Waals surface area contributed by atoms with Crippen molar-refractivity contribution in [2.24, 2.45) is 0 Å². The number of hydrogen-bond donors (Lipinski definition) is 1. The standard InChI is InChI=1S/C30H38N2O4.BrH/c1-6-9-10-11-12-13-14-15-18-32-19-16-17-25(22-32)28-26(29(33)35-20-7-2)23(4)31-24(5)27(28)30(34)36-21-8-3;/h2-3,16-17,19,22,28H,6,9-15,18,20-21H2,1,4-5H3;1H. The molecule has 1 aromatic rings. The third kappa shape index (κ3) is 9.74. The van der Waals surface area contributed by atoms with E-state index < -0.39 is 17.9 Å². The van der Waals surface area contributed by atoms with Crippen LogP contribution in [-0.2, 0) is 25.6 Å². The van der Waals surface area contributed by atoms with Gasteiger partial charge in [0.1, 0.15) is 6.54 Å². The fourth-order valence-electron chi connectivity index (χ4n) is 4.52. The maximum absolute atomic E-state index is 13.0. The Labute approximate surface area is 232 Å². The van der Waals surface area contributed by atoms with Gasteiger partial charge in [0.2, 0.25) is 0 Å². The second-order valence-electron chi connectivity index (χ2n) is 9.05. The van der Waals surface area contributed by atoms with Crippen LogP contribution in [0.15, 0.2) is 47.1 Å². The Hall–Kier alpha value is -3.03. The van der Waals surface area contributed by atoms with Crippen LogP contribution < -0.4 is 26.9 Å². The molecule has 0 bridgehead atoms. The van der Waals surface area contributed by atoms with Crippen molar-refractivity contribution in [3.63, 3.8) is 0 Å². The number of aromatic nitrogens is 1. The fourth-order valence-corrected chi connectivity index (χ4v) is 4.52. The van der Waals surface area contributed by atoms with E-state index in [0.717, 1.165) is 18.5 Å². The normalized spacial score (nSPS) is 13.2. The molecule has 1 aliphatic rings. The van der Waals surface area contributed by atoms with E-state index in [-0.39, 0.29) is 30.2 Å². The molecule has 0 spiro atoms. The van der Waals surface area contributed by atoms with Gasteiger partial charge in [-0.3, -0.25) is 0 Å². The molecule has 7 heteroatoms. The van der Waals surface area contributed by atoms with Crippen molar-refractivity contribution in [2.45, 2.75) is 84.6 Å². The molecule has 0 amide bonds. The molecule has 0 aromatic carbocycles. The Kier molecular flexibility index (Phi) is 15.1. The average Bonchev–Trinajstić information content (AvgIpc) is 2.87. The number of nitrogens with one attached hydrogen (secondary N) is 1. The van der Waals surface area contributed by atoms with Crippen molar-refractivity contribution >= 4 is 11.9 Å². The van der Waals surface area contributed by atoms with Gasteiger partial charge >= 0.3 is 11.9 Å². The molecular weight excluding hydrogens is 532 g/mol. The first-order valence-corrected chi connectivity index (χ1v) is 12.8. The van der Waals surface area contributed by atoms with Crippen molar-refractivity contribution in [3.05, 3.63) is 52.6 Å². The summed E-state index contributed by atoms with van der Waals surface area (Å²) in [6.07, 6.45) is 24.5. The van der Waals surface area contributed by atoms with Crippen LogP contribution in [0.3, 0.4) is 0 Å². The number of nitrogens with zero attached hydrogens (tertiary/aromatic N) is 1. The molecule has 2 heterocycles. The summed E-state index contributed by atoms with van der Waals surface area (Å²) in [6, 6.07) is 3.84. The summed E-state index contributed by atoms with van der Waals surface area (Å²) in [5, 5.41) is 3.12. The van der Waals surface area contributed by atoms with Gasteiger partial charge in [-0.05, 0) is 26.3 Å². The van der Waals surface area contributed by atoms with E-state index in [0.29, 0.717) is 22.5 Å². The number of allylic oxidation sites excluding steroid dienone is 2. The van der Waals surface area contributed by atoms with Crippen molar-refractivity contribution in [2.75, 3.05) is 13.2 Å². The molecule has 1 N–H and O–H groups in total. The zero-order valence-corrected chi connectivity index (χ0v) is 23.9. The summed E-state index contributed by atoms with van der Waals surface area (Å²) in [5.74, 6) is 2.82. The average molecular weight is 572 g/mol. The van der Waals surface area contributed by atoms with Crippen molar-refractivity contribution in [1.82, 2.24) is 5.32 Å². The topological polar surface area (TPSA) is 68.5 Å². The number of carbonyl (C=O) groups is 2. The fraction of sp³-hybridized carbons (Fsp3) is 0.500. The van der Waals surface area contributed by atoms with Crippen LogP contribution in [0.25, 0.3) is 0 Å². The van der Waals surface area contributed by atoms with Crippen LogP contribution in [0, 0.1) is 24.7 Å².